The van der Waals surface area contributed by atoms with E-state index in [-0.39, 0.29) is 11.6 Å². The number of nitrogens with zero attached hydrogens (tertiary/aromatic N) is 3. The number of halogens is 2. The standard InChI is InChI=1S/C19H23F2N3O/c1-14-11-23(12-15-5-6-22(2)19(25)9-15)7-8-24(14)13-16-3-4-17(20)10-18(16)21/h3-6,9-10,14H,7-8,11-13H2,1-2H3. The molecule has 1 aliphatic heterocycles. The fourth-order valence-electron chi connectivity index (χ4n) is 3.26. The molecule has 1 unspecified atom stereocenters. The molecule has 3 rings (SSSR count). The summed E-state index contributed by atoms with van der Waals surface area (Å²) in [5.74, 6) is -1.04. The van der Waals surface area contributed by atoms with Crippen molar-refractivity contribution in [1.29, 1.82) is 0 Å². The maximum Gasteiger partial charge on any atom is 0.250 e. The fraction of sp³-hybridized carbons (Fsp3) is 0.421. The Bertz CT molecular complexity index is 805. The van der Waals surface area contributed by atoms with Gasteiger partial charge in [0.1, 0.15) is 11.6 Å². The van der Waals surface area contributed by atoms with E-state index in [1.165, 1.54) is 12.1 Å². The first-order chi connectivity index (χ1) is 11.9. The van der Waals surface area contributed by atoms with Crippen molar-refractivity contribution >= 4 is 0 Å². The molecule has 0 radical (unpaired) electrons. The van der Waals surface area contributed by atoms with Crippen molar-refractivity contribution in [2.24, 2.45) is 7.05 Å². The minimum absolute atomic E-state index is 0.00373. The van der Waals surface area contributed by atoms with Gasteiger partial charge >= 0.3 is 0 Å². The van der Waals surface area contributed by atoms with Crippen molar-refractivity contribution in [3.05, 3.63) is 69.6 Å². The van der Waals surface area contributed by atoms with Crippen LogP contribution in [0.1, 0.15) is 18.1 Å². The van der Waals surface area contributed by atoms with Crippen LogP contribution in [0.25, 0.3) is 0 Å². The van der Waals surface area contributed by atoms with Gasteiger partial charge in [0.05, 0.1) is 0 Å². The highest BCUT2D eigenvalue weighted by atomic mass is 19.1. The molecule has 1 aromatic carbocycles. The molecule has 25 heavy (non-hydrogen) atoms. The second-order valence-corrected chi connectivity index (χ2v) is 6.77. The van der Waals surface area contributed by atoms with Gasteiger partial charge in [-0.2, -0.15) is 0 Å². The summed E-state index contributed by atoms with van der Waals surface area (Å²) in [5.41, 5.74) is 1.53. The lowest BCUT2D eigenvalue weighted by Crippen LogP contribution is -2.51. The Kier molecular flexibility index (Phi) is 5.30. The summed E-state index contributed by atoms with van der Waals surface area (Å²) in [6, 6.07) is 7.65. The molecule has 0 saturated carbocycles. The summed E-state index contributed by atoms with van der Waals surface area (Å²) in [7, 11) is 1.74. The number of benzene rings is 1. The molecule has 1 atom stereocenters. The Morgan fingerprint density at radius 1 is 1.12 bits per heavy atom. The van der Waals surface area contributed by atoms with E-state index in [2.05, 4.69) is 16.7 Å². The second-order valence-electron chi connectivity index (χ2n) is 6.77. The smallest absolute Gasteiger partial charge is 0.250 e. The molecule has 1 saturated heterocycles. The SMILES string of the molecule is CC1CN(Cc2ccn(C)c(=O)c2)CCN1Cc1ccc(F)cc1F. The summed E-state index contributed by atoms with van der Waals surface area (Å²) >= 11 is 0. The van der Waals surface area contributed by atoms with E-state index in [1.807, 2.05) is 6.07 Å². The number of aromatic nitrogens is 1. The Balaban J connectivity index is 1.60. The predicted molar refractivity (Wildman–Crippen MR) is 93.2 cm³/mol. The minimum atomic E-state index is -0.548. The van der Waals surface area contributed by atoms with Crippen molar-refractivity contribution in [2.45, 2.75) is 26.1 Å². The number of rotatable bonds is 4. The molecule has 6 heteroatoms. The minimum Gasteiger partial charge on any atom is -0.319 e. The molecule has 134 valence electrons. The van der Waals surface area contributed by atoms with Crippen molar-refractivity contribution in [2.75, 3.05) is 19.6 Å². The molecule has 2 aromatic rings. The van der Waals surface area contributed by atoms with Gasteiger partial charge in [-0.25, -0.2) is 8.78 Å². The average Bonchev–Trinajstić information content (AvgIpc) is 2.56. The van der Waals surface area contributed by atoms with Gasteiger partial charge in [0, 0.05) is 69.7 Å². The molecule has 1 fully saturated rings. The van der Waals surface area contributed by atoms with Gasteiger partial charge in [0.25, 0.3) is 5.56 Å². The van der Waals surface area contributed by atoms with E-state index in [0.717, 1.165) is 37.8 Å². The third-order valence-electron chi connectivity index (χ3n) is 4.81. The monoisotopic (exact) mass is 347 g/mol. The number of pyridine rings is 1. The number of piperazine rings is 1. The molecule has 1 aliphatic rings. The summed E-state index contributed by atoms with van der Waals surface area (Å²) in [6.45, 7) is 5.83. The molecule has 4 nitrogen and oxygen atoms in total. The van der Waals surface area contributed by atoms with Crippen molar-refractivity contribution in [1.82, 2.24) is 14.4 Å². The Labute approximate surface area is 146 Å². The Hall–Kier alpha value is -2.05. The third-order valence-corrected chi connectivity index (χ3v) is 4.81. The first kappa shape index (κ1) is 17.8. The van der Waals surface area contributed by atoms with Crippen molar-refractivity contribution in [3.8, 4) is 0 Å². The topological polar surface area (TPSA) is 28.5 Å². The van der Waals surface area contributed by atoms with E-state index in [1.54, 1.807) is 23.9 Å². The molecular formula is C19H23F2N3O. The highest BCUT2D eigenvalue weighted by Crippen LogP contribution is 2.18. The molecule has 0 N–H and O–H groups in total. The average molecular weight is 347 g/mol. The van der Waals surface area contributed by atoms with Gasteiger partial charge in [0.15, 0.2) is 0 Å². The van der Waals surface area contributed by atoms with Crippen molar-refractivity contribution < 1.29 is 8.78 Å². The van der Waals surface area contributed by atoms with Gasteiger partial charge in [-0.05, 0) is 24.6 Å². The van der Waals surface area contributed by atoms with Gasteiger partial charge < -0.3 is 4.57 Å². The Morgan fingerprint density at radius 2 is 1.92 bits per heavy atom. The lowest BCUT2D eigenvalue weighted by Gasteiger charge is -2.40. The van der Waals surface area contributed by atoms with Gasteiger partial charge in [-0.3, -0.25) is 14.6 Å². The summed E-state index contributed by atoms with van der Waals surface area (Å²) in [5, 5.41) is 0. The summed E-state index contributed by atoms with van der Waals surface area (Å²) < 4.78 is 28.4. The molecular weight excluding hydrogens is 324 g/mol. The maximum absolute atomic E-state index is 13.9. The zero-order valence-electron chi connectivity index (χ0n) is 14.6. The quantitative estimate of drug-likeness (QED) is 0.850. The van der Waals surface area contributed by atoms with Crippen LogP contribution in [-0.2, 0) is 20.1 Å². The first-order valence-corrected chi connectivity index (χ1v) is 8.48. The van der Waals surface area contributed by atoms with Crippen LogP contribution in [-0.4, -0.2) is 40.0 Å². The third kappa shape index (κ3) is 4.32. The zero-order chi connectivity index (χ0) is 18.0. The van der Waals surface area contributed by atoms with Crippen LogP contribution >= 0.6 is 0 Å². The largest absolute Gasteiger partial charge is 0.319 e. The first-order valence-electron chi connectivity index (χ1n) is 8.48. The normalized spacial score (nSPS) is 19.3. The van der Waals surface area contributed by atoms with E-state index in [4.69, 9.17) is 0 Å². The maximum atomic E-state index is 13.9. The van der Waals surface area contributed by atoms with Crippen LogP contribution < -0.4 is 5.56 Å². The van der Waals surface area contributed by atoms with E-state index < -0.39 is 11.6 Å². The highest BCUT2D eigenvalue weighted by molar-refractivity contribution is 5.18. The fourth-order valence-corrected chi connectivity index (χ4v) is 3.26. The van der Waals surface area contributed by atoms with E-state index in [0.29, 0.717) is 12.1 Å². The molecule has 2 heterocycles. The van der Waals surface area contributed by atoms with Crippen LogP contribution in [0.3, 0.4) is 0 Å². The van der Waals surface area contributed by atoms with Crippen LogP contribution in [0.5, 0.6) is 0 Å². The zero-order valence-corrected chi connectivity index (χ0v) is 14.6. The second kappa shape index (κ2) is 7.45. The molecule has 0 spiro atoms. The highest BCUT2D eigenvalue weighted by Gasteiger charge is 2.24. The van der Waals surface area contributed by atoms with Crippen LogP contribution in [0.15, 0.2) is 41.3 Å². The molecule has 0 bridgehead atoms. The molecule has 1 aromatic heterocycles. The number of aryl methyl sites for hydroxylation is 1. The van der Waals surface area contributed by atoms with Gasteiger partial charge in [-0.15, -0.1) is 0 Å². The van der Waals surface area contributed by atoms with Crippen LogP contribution in [0.2, 0.25) is 0 Å². The lowest BCUT2D eigenvalue weighted by molar-refractivity contribution is 0.0724. The van der Waals surface area contributed by atoms with Crippen LogP contribution in [0, 0.1) is 11.6 Å². The van der Waals surface area contributed by atoms with Gasteiger partial charge in [-0.1, -0.05) is 6.07 Å². The number of hydrogen-bond acceptors (Lipinski definition) is 3. The predicted octanol–water partition coefficient (Wildman–Crippen LogP) is 2.37. The van der Waals surface area contributed by atoms with Crippen molar-refractivity contribution in [3.63, 3.8) is 0 Å². The molecule has 0 amide bonds. The van der Waals surface area contributed by atoms with Gasteiger partial charge in [0.2, 0.25) is 0 Å². The van der Waals surface area contributed by atoms with Crippen LogP contribution in [0.4, 0.5) is 8.78 Å². The Morgan fingerprint density at radius 3 is 2.60 bits per heavy atom. The van der Waals surface area contributed by atoms with E-state index >= 15 is 0 Å². The van der Waals surface area contributed by atoms with E-state index in [9.17, 15) is 13.6 Å². The summed E-state index contributed by atoms with van der Waals surface area (Å²) in [6.07, 6.45) is 1.79. The molecule has 0 aliphatic carbocycles. The lowest BCUT2D eigenvalue weighted by atomic mass is 10.1. The summed E-state index contributed by atoms with van der Waals surface area (Å²) in [4.78, 5) is 16.2. The number of hydrogen-bond donors (Lipinski definition) is 0.